The predicted octanol–water partition coefficient (Wildman–Crippen LogP) is 3.30. The van der Waals surface area contributed by atoms with Gasteiger partial charge in [-0.05, 0) is 30.2 Å². The Morgan fingerprint density at radius 3 is 2.61 bits per heavy atom. The van der Waals surface area contributed by atoms with Crippen LogP contribution < -0.4 is 5.32 Å². The zero-order valence-electron chi connectivity index (χ0n) is 14.1. The van der Waals surface area contributed by atoms with Gasteiger partial charge in [-0.2, -0.15) is 5.10 Å². The van der Waals surface area contributed by atoms with E-state index in [-0.39, 0.29) is 24.0 Å². The van der Waals surface area contributed by atoms with Gasteiger partial charge in [-0.3, -0.25) is 4.99 Å². The molecule has 5 nitrogen and oxygen atoms in total. The lowest BCUT2D eigenvalue weighted by Gasteiger charge is -2.21. The summed E-state index contributed by atoms with van der Waals surface area (Å²) in [5, 5.41) is 7.63. The monoisotopic (exact) mass is 427 g/mol. The Labute approximate surface area is 155 Å². The summed E-state index contributed by atoms with van der Waals surface area (Å²) in [5.74, 6) is 0.935. The number of guanidine groups is 1. The minimum atomic E-state index is 0. The second-order valence-electron chi connectivity index (χ2n) is 5.29. The molecular formula is C17H26IN5. The number of unbranched alkanes of at least 4 members (excludes halogenated alkanes) is 1. The molecule has 2 aromatic rings. The zero-order chi connectivity index (χ0) is 15.8. The molecule has 0 aliphatic rings. The highest BCUT2D eigenvalue weighted by molar-refractivity contribution is 14.0. The molecule has 0 saturated heterocycles. The fraction of sp³-hybridized carbons (Fsp3) is 0.412. The van der Waals surface area contributed by atoms with Crippen LogP contribution in [0.3, 0.4) is 0 Å². The molecule has 6 heteroatoms. The average Bonchev–Trinajstić information content (AvgIpc) is 3.08. The van der Waals surface area contributed by atoms with Gasteiger partial charge >= 0.3 is 0 Å². The van der Waals surface area contributed by atoms with E-state index in [1.54, 1.807) is 6.20 Å². The molecule has 1 aromatic carbocycles. The number of nitrogens with one attached hydrogen (secondary N) is 1. The molecular weight excluding hydrogens is 401 g/mol. The van der Waals surface area contributed by atoms with Crippen molar-refractivity contribution in [2.45, 2.75) is 26.3 Å². The van der Waals surface area contributed by atoms with Gasteiger partial charge in [0.05, 0.1) is 5.69 Å². The number of rotatable bonds is 6. The van der Waals surface area contributed by atoms with Crippen molar-refractivity contribution in [2.24, 2.45) is 4.99 Å². The van der Waals surface area contributed by atoms with Crippen LogP contribution in [-0.4, -0.2) is 41.3 Å². The minimum absolute atomic E-state index is 0. The topological polar surface area (TPSA) is 45.5 Å². The third-order valence-electron chi connectivity index (χ3n) is 3.58. The smallest absolute Gasteiger partial charge is 0.193 e. The summed E-state index contributed by atoms with van der Waals surface area (Å²) in [7, 11) is 3.90. The molecule has 2 rings (SSSR count). The summed E-state index contributed by atoms with van der Waals surface area (Å²) in [6, 6.07) is 10.3. The molecule has 0 spiro atoms. The number of aromatic nitrogens is 2. The van der Waals surface area contributed by atoms with Gasteiger partial charge in [0.15, 0.2) is 5.96 Å². The largest absolute Gasteiger partial charge is 0.352 e. The second-order valence-corrected chi connectivity index (χ2v) is 5.29. The lowest BCUT2D eigenvalue weighted by Crippen LogP contribution is -2.38. The normalized spacial score (nSPS) is 11.0. The van der Waals surface area contributed by atoms with E-state index in [0.29, 0.717) is 0 Å². The van der Waals surface area contributed by atoms with Crippen LogP contribution in [0, 0.1) is 0 Å². The maximum Gasteiger partial charge on any atom is 0.193 e. The maximum absolute atomic E-state index is 4.33. The highest BCUT2D eigenvalue weighted by atomic mass is 127. The molecule has 0 saturated carbocycles. The fourth-order valence-corrected chi connectivity index (χ4v) is 2.26. The summed E-state index contributed by atoms with van der Waals surface area (Å²) in [6.45, 7) is 3.99. The van der Waals surface area contributed by atoms with Crippen LogP contribution in [0.15, 0.2) is 47.7 Å². The number of halogens is 1. The number of nitrogens with zero attached hydrogens (tertiary/aromatic N) is 4. The predicted molar refractivity (Wildman–Crippen MR) is 107 cm³/mol. The van der Waals surface area contributed by atoms with E-state index in [1.165, 1.54) is 18.4 Å². The van der Waals surface area contributed by atoms with Gasteiger partial charge in [-0.1, -0.05) is 25.5 Å². The summed E-state index contributed by atoms with van der Waals surface area (Å²) in [6.07, 6.45) is 6.09. The first kappa shape index (κ1) is 19.5. The Hall–Kier alpha value is -1.57. The van der Waals surface area contributed by atoms with Crippen LogP contribution >= 0.6 is 24.0 Å². The molecule has 0 amide bonds. The van der Waals surface area contributed by atoms with Crippen molar-refractivity contribution in [2.75, 3.05) is 20.6 Å². The van der Waals surface area contributed by atoms with Crippen LogP contribution in [0.25, 0.3) is 5.69 Å². The number of hydrogen-bond acceptors (Lipinski definition) is 2. The van der Waals surface area contributed by atoms with Crippen LogP contribution in [0.4, 0.5) is 0 Å². The molecule has 1 aromatic heterocycles. The first-order valence-electron chi connectivity index (χ1n) is 7.75. The Balaban J connectivity index is 0.00000264. The van der Waals surface area contributed by atoms with Gasteiger partial charge in [0.25, 0.3) is 0 Å². The Morgan fingerprint density at radius 1 is 1.30 bits per heavy atom. The maximum atomic E-state index is 4.33. The standard InChI is InChI=1S/C17H25N5.HI/c1-4-5-12-21(3)17(18-2)19-14-15-7-9-16(10-8-15)22-13-6-11-20-22;/h6-11,13H,4-5,12,14H2,1-3H3,(H,18,19);1H. The van der Waals surface area contributed by atoms with Gasteiger partial charge in [0.2, 0.25) is 0 Å². The molecule has 1 N–H and O–H groups in total. The SMILES string of the molecule is CCCCN(C)C(=NC)NCc1ccc(-n2cccn2)cc1.I. The minimum Gasteiger partial charge on any atom is -0.352 e. The summed E-state index contributed by atoms with van der Waals surface area (Å²) in [4.78, 5) is 6.50. The third-order valence-corrected chi connectivity index (χ3v) is 3.58. The molecule has 0 unspecified atom stereocenters. The Bertz CT molecular complexity index is 578. The second kappa shape index (κ2) is 10.3. The van der Waals surface area contributed by atoms with Gasteiger partial charge in [-0.25, -0.2) is 4.68 Å². The molecule has 1 heterocycles. The van der Waals surface area contributed by atoms with E-state index >= 15 is 0 Å². The van der Waals surface area contributed by atoms with Gasteiger partial charge in [0.1, 0.15) is 0 Å². The van der Waals surface area contributed by atoms with Crippen molar-refractivity contribution in [1.82, 2.24) is 20.0 Å². The number of aliphatic imine (C=N–C) groups is 1. The Kier molecular flexibility index (Phi) is 8.68. The van der Waals surface area contributed by atoms with Crippen molar-refractivity contribution in [3.05, 3.63) is 48.3 Å². The molecule has 0 radical (unpaired) electrons. The molecule has 0 aliphatic heterocycles. The van der Waals surface area contributed by atoms with Gasteiger partial charge in [-0.15, -0.1) is 24.0 Å². The van der Waals surface area contributed by atoms with Crippen molar-refractivity contribution < 1.29 is 0 Å². The van der Waals surface area contributed by atoms with Crippen LogP contribution in [-0.2, 0) is 6.54 Å². The highest BCUT2D eigenvalue weighted by Crippen LogP contribution is 2.08. The van der Waals surface area contributed by atoms with Crippen molar-refractivity contribution in [1.29, 1.82) is 0 Å². The highest BCUT2D eigenvalue weighted by Gasteiger charge is 2.05. The molecule has 23 heavy (non-hydrogen) atoms. The first-order chi connectivity index (χ1) is 10.7. The van der Waals surface area contributed by atoms with Gasteiger partial charge < -0.3 is 10.2 Å². The zero-order valence-corrected chi connectivity index (χ0v) is 16.4. The summed E-state index contributed by atoms with van der Waals surface area (Å²) in [5.41, 5.74) is 2.29. The third kappa shape index (κ3) is 5.85. The van der Waals surface area contributed by atoms with Crippen LogP contribution in [0.1, 0.15) is 25.3 Å². The molecule has 0 fully saturated rings. The summed E-state index contributed by atoms with van der Waals surface area (Å²) < 4.78 is 1.86. The molecule has 126 valence electrons. The molecule has 0 atom stereocenters. The quantitative estimate of drug-likeness (QED) is 0.437. The number of hydrogen-bond donors (Lipinski definition) is 1. The lowest BCUT2D eigenvalue weighted by molar-refractivity contribution is 0.464. The van der Waals surface area contributed by atoms with Gasteiger partial charge in [0, 0.05) is 39.6 Å². The first-order valence-corrected chi connectivity index (χ1v) is 7.75. The van der Waals surface area contributed by atoms with E-state index in [2.05, 4.69) is 58.5 Å². The van der Waals surface area contributed by atoms with Crippen molar-refractivity contribution >= 4 is 29.9 Å². The number of benzene rings is 1. The summed E-state index contributed by atoms with van der Waals surface area (Å²) >= 11 is 0. The lowest BCUT2D eigenvalue weighted by atomic mass is 10.2. The van der Waals surface area contributed by atoms with Crippen molar-refractivity contribution in [3.63, 3.8) is 0 Å². The Morgan fingerprint density at radius 2 is 2.04 bits per heavy atom. The molecule has 0 bridgehead atoms. The van der Waals surface area contributed by atoms with Crippen LogP contribution in [0.2, 0.25) is 0 Å². The van der Waals surface area contributed by atoms with E-state index in [9.17, 15) is 0 Å². The van der Waals surface area contributed by atoms with Crippen LogP contribution in [0.5, 0.6) is 0 Å². The molecule has 0 aliphatic carbocycles. The fourth-order valence-electron chi connectivity index (χ4n) is 2.26. The van der Waals surface area contributed by atoms with E-state index in [0.717, 1.165) is 24.7 Å². The van der Waals surface area contributed by atoms with Crippen molar-refractivity contribution in [3.8, 4) is 5.69 Å². The average molecular weight is 427 g/mol. The van der Waals surface area contributed by atoms with E-state index < -0.39 is 0 Å². The van der Waals surface area contributed by atoms with E-state index in [1.807, 2.05) is 24.0 Å². The van der Waals surface area contributed by atoms with E-state index in [4.69, 9.17) is 0 Å².